The van der Waals surface area contributed by atoms with Crippen molar-refractivity contribution in [2.24, 2.45) is 0 Å². The highest BCUT2D eigenvalue weighted by molar-refractivity contribution is 5.88. The monoisotopic (exact) mass is 172 g/mol. The topological polar surface area (TPSA) is 48.8 Å². The summed E-state index contributed by atoms with van der Waals surface area (Å²) < 4.78 is 5.04. The fourth-order valence-corrected chi connectivity index (χ4v) is 1.38. The zero-order valence-electron chi connectivity index (χ0n) is 7.16. The van der Waals surface area contributed by atoms with Crippen LogP contribution < -0.4 is 4.74 Å². The lowest BCUT2D eigenvalue weighted by Gasteiger charge is -1.92. The molecule has 1 N–H and O–H groups in total. The van der Waals surface area contributed by atoms with Gasteiger partial charge in [-0.15, -0.1) is 0 Å². The van der Waals surface area contributed by atoms with Gasteiger partial charge in [0.1, 0.15) is 11.6 Å². The standard InChI is InChI=1S/C10H8N2O/c1-13-10-8(6-11)7-4-2-3-5-9(7)12-10/h2-5,12H,1H3. The van der Waals surface area contributed by atoms with Gasteiger partial charge in [0.2, 0.25) is 5.88 Å². The smallest absolute Gasteiger partial charge is 0.210 e. The number of ether oxygens (including phenoxy) is 1. The fraction of sp³-hybridized carbons (Fsp3) is 0.100. The largest absolute Gasteiger partial charge is 0.481 e. The molecule has 0 amide bonds. The quantitative estimate of drug-likeness (QED) is 0.715. The molecule has 0 spiro atoms. The molecule has 2 aromatic rings. The van der Waals surface area contributed by atoms with E-state index in [1.54, 1.807) is 7.11 Å². The van der Waals surface area contributed by atoms with E-state index in [0.29, 0.717) is 11.4 Å². The molecule has 0 fully saturated rings. The van der Waals surface area contributed by atoms with E-state index in [0.717, 1.165) is 10.9 Å². The van der Waals surface area contributed by atoms with E-state index in [4.69, 9.17) is 10.00 Å². The Morgan fingerprint density at radius 1 is 1.38 bits per heavy atom. The number of methoxy groups -OCH3 is 1. The van der Waals surface area contributed by atoms with E-state index in [1.165, 1.54) is 0 Å². The maximum atomic E-state index is 8.89. The minimum absolute atomic E-state index is 0.531. The van der Waals surface area contributed by atoms with Crippen molar-refractivity contribution in [1.82, 2.24) is 4.98 Å². The Kier molecular flexibility index (Phi) is 1.67. The van der Waals surface area contributed by atoms with E-state index in [9.17, 15) is 0 Å². The van der Waals surface area contributed by atoms with Gasteiger partial charge in [-0.05, 0) is 6.07 Å². The molecule has 0 atom stereocenters. The van der Waals surface area contributed by atoms with Crippen LogP contribution in [0.25, 0.3) is 10.9 Å². The molecule has 0 aliphatic heterocycles. The number of hydrogen-bond acceptors (Lipinski definition) is 2. The number of nitrogens with one attached hydrogen (secondary N) is 1. The van der Waals surface area contributed by atoms with E-state index in [1.807, 2.05) is 24.3 Å². The van der Waals surface area contributed by atoms with Crippen LogP contribution in [0.15, 0.2) is 24.3 Å². The number of hydrogen-bond donors (Lipinski definition) is 1. The van der Waals surface area contributed by atoms with Crippen molar-refractivity contribution < 1.29 is 4.74 Å². The number of H-pyrrole nitrogens is 1. The van der Waals surface area contributed by atoms with Crippen LogP contribution >= 0.6 is 0 Å². The minimum atomic E-state index is 0.531. The van der Waals surface area contributed by atoms with Gasteiger partial charge in [0, 0.05) is 10.9 Å². The number of fused-ring (bicyclic) bond motifs is 1. The number of rotatable bonds is 1. The molecule has 0 saturated carbocycles. The molecule has 0 unspecified atom stereocenters. The molecule has 2 rings (SSSR count). The van der Waals surface area contributed by atoms with Crippen LogP contribution in [-0.2, 0) is 0 Å². The summed E-state index contributed by atoms with van der Waals surface area (Å²) in [7, 11) is 1.55. The van der Waals surface area contributed by atoms with Crippen LogP contribution in [0, 0.1) is 11.3 Å². The molecule has 0 saturated heterocycles. The van der Waals surface area contributed by atoms with Crippen molar-refractivity contribution >= 4 is 10.9 Å². The second-order valence-electron chi connectivity index (χ2n) is 2.69. The number of aromatic amines is 1. The third kappa shape index (κ3) is 1.04. The lowest BCUT2D eigenvalue weighted by Crippen LogP contribution is -1.84. The molecule has 3 heteroatoms. The molecule has 1 aromatic heterocycles. The second kappa shape index (κ2) is 2.83. The van der Waals surface area contributed by atoms with Crippen LogP contribution in [0.4, 0.5) is 0 Å². The van der Waals surface area contributed by atoms with Gasteiger partial charge in [-0.3, -0.25) is 0 Å². The minimum Gasteiger partial charge on any atom is -0.481 e. The third-order valence-corrected chi connectivity index (χ3v) is 1.99. The number of benzene rings is 1. The van der Waals surface area contributed by atoms with Gasteiger partial charge in [0.05, 0.1) is 7.11 Å². The van der Waals surface area contributed by atoms with Gasteiger partial charge in [0.15, 0.2) is 0 Å². The van der Waals surface area contributed by atoms with Crippen LogP contribution in [0.2, 0.25) is 0 Å². The maximum absolute atomic E-state index is 8.89. The van der Waals surface area contributed by atoms with Crippen molar-refractivity contribution in [3.05, 3.63) is 29.8 Å². The summed E-state index contributed by atoms with van der Waals surface area (Å²) in [6.07, 6.45) is 0. The van der Waals surface area contributed by atoms with Crippen molar-refractivity contribution in [1.29, 1.82) is 5.26 Å². The van der Waals surface area contributed by atoms with Gasteiger partial charge in [-0.25, -0.2) is 0 Å². The highest BCUT2D eigenvalue weighted by Crippen LogP contribution is 2.26. The van der Waals surface area contributed by atoms with Crippen LogP contribution in [-0.4, -0.2) is 12.1 Å². The van der Waals surface area contributed by atoms with E-state index in [-0.39, 0.29) is 0 Å². The third-order valence-electron chi connectivity index (χ3n) is 1.99. The second-order valence-corrected chi connectivity index (χ2v) is 2.69. The van der Waals surface area contributed by atoms with Crippen molar-refractivity contribution in [3.8, 4) is 11.9 Å². The Hall–Kier alpha value is -1.95. The molecule has 13 heavy (non-hydrogen) atoms. The predicted molar refractivity (Wildman–Crippen MR) is 49.6 cm³/mol. The molecule has 1 heterocycles. The zero-order valence-corrected chi connectivity index (χ0v) is 7.16. The average molecular weight is 172 g/mol. The molecule has 0 aliphatic rings. The number of nitriles is 1. The lowest BCUT2D eigenvalue weighted by atomic mass is 10.2. The molecule has 64 valence electrons. The lowest BCUT2D eigenvalue weighted by molar-refractivity contribution is 0.400. The first-order valence-electron chi connectivity index (χ1n) is 3.91. The van der Waals surface area contributed by atoms with Gasteiger partial charge in [-0.1, -0.05) is 18.2 Å². The summed E-state index contributed by atoms with van der Waals surface area (Å²) in [4.78, 5) is 3.02. The summed E-state index contributed by atoms with van der Waals surface area (Å²) in [6, 6.07) is 9.74. The van der Waals surface area contributed by atoms with E-state index < -0.39 is 0 Å². The van der Waals surface area contributed by atoms with Crippen LogP contribution in [0.1, 0.15) is 5.56 Å². The molecule has 1 aromatic carbocycles. The Morgan fingerprint density at radius 2 is 2.15 bits per heavy atom. The van der Waals surface area contributed by atoms with Crippen molar-refractivity contribution in [2.45, 2.75) is 0 Å². The molecular formula is C10H8N2O. The van der Waals surface area contributed by atoms with Crippen molar-refractivity contribution in [2.75, 3.05) is 7.11 Å². The normalized spacial score (nSPS) is 9.85. The summed E-state index contributed by atoms with van der Waals surface area (Å²) in [5, 5.41) is 9.79. The number of nitrogens with zero attached hydrogens (tertiary/aromatic N) is 1. The predicted octanol–water partition coefficient (Wildman–Crippen LogP) is 2.05. The van der Waals surface area contributed by atoms with E-state index >= 15 is 0 Å². The van der Waals surface area contributed by atoms with Gasteiger partial charge < -0.3 is 9.72 Å². The highest BCUT2D eigenvalue weighted by atomic mass is 16.5. The fourth-order valence-electron chi connectivity index (χ4n) is 1.38. The number of aromatic nitrogens is 1. The maximum Gasteiger partial charge on any atom is 0.210 e. The Bertz CT molecular complexity index is 479. The Labute approximate surface area is 75.6 Å². The Balaban J connectivity index is 2.83. The van der Waals surface area contributed by atoms with Crippen LogP contribution in [0.5, 0.6) is 5.88 Å². The molecule has 3 nitrogen and oxygen atoms in total. The molecular weight excluding hydrogens is 164 g/mol. The first-order chi connectivity index (χ1) is 6.36. The average Bonchev–Trinajstić information content (AvgIpc) is 2.55. The van der Waals surface area contributed by atoms with Crippen LogP contribution in [0.3, 0.4) is 0 Å². The summed E-state index contributed by atoms with van der Waals surface area (Å²) in [5.41, 5.74) is 1.49. The SMILES string of the molecule is COc1[nH]c2ccccc2c1C#N. The summed E-state index contributed by atoms with van der Waals surface area (Å²) >= 11 is 0. The number of para-hydroxylation sites is 1. The first kappa shape index (κ1) is 7.69. The molecule has 0 aliphatic carbocycles. The van der Waals surface area contributed by atoms with E-state index in [2.05, 4.69) is 11.1 Å². The summed E-state index contributed by atoms with van der Waals surface area (Å²) in [6.45, 7) is 0. The Morgan fingerprint density at radius 3 is 2.85 bits per heavy atom. The van der Waals surface area contributed by atoms with Gasteiger partial charge in [0.25, 0.3) is 0 Å². The first-order valence-corrected chi connectivity index (χ1v) is 3.91. The van der Waals surface area contributed by atoms with Crippen molar-refractivity contribution in [3.63, 3.8) is 0 Å². The van der Waals surface area contributed by atoms with Gasteiger partial charge >= 0.3 is 0 Å². The molecule has 0 bridgehead atoms. The molecule has 0 radical (unpaired) electrons. The van der Waals surface area contributed by atoms with Gasteiger partial charge in [-0.2, -0.15) is 5.26 Å². The summed E-state index contributed by atoms with van der Waals surface area (Å²) in [5.74, 6) is 0.531. The highest BCUT2D eigenvalue weighted by Gasteiger charge is 2.09. The zero-order chi connectivity index (χ0) is 9.26.